The van der Waals surface area contributed by atoms with Crippen LogP contribution in [0.25, 0.3) is 0 Å². The predicted molar refractivity (Wildman–Crippen MR) is 73.8 cm³/mol. The molecule has 1 atom stereocenters. The highest BCUT2D eigenvalue weighted by atomic mass is 19.4. The molecule has 3 rings (SSSR count). The minimum absolute atomic E-state index is 0.117. The number of hydrogen-bond donors (Lipinski definition) is 1. The Morgan fingerprint density at radius 1 is 1.30 bits per heavy atom. The van der Waals surface area contributed by atoms with Crippen molar-refractivity contribution in [3.63, 3.8) is 0 Å². The Kier molecular flexibility index (Phi) is 4.35. The monoisotopic (exact) mass is 332 g/mol. The average Bonchev–Trinajstić information content (AvgIpc) is 2.98. The van der Waals surface area contributed by atoms with Gasteiger partial charge in [0.2, 0.25) is 5.76 Å². The zero-order valence-corrected chi connectivity index (χ0v) is 12.6. The number of aromatic nitrogens is 1. The molecule has 2 heterocycles. The summed E-state index contributed by atoms with van der Waals surface area (Å²) >= 11 is 0. The first-order chi connectivity index (χ1) is 10.9. The van der Waals surface area contributed by atoms with Gasteiger partial charge in [0, 0.05) is 18.7 Å². The van der Waals surface area contributed by atoms with Crippen molar-refractivity contribution >= 4 is 5.91 Å². The zero-order valence-electron chi connectivity index (χ0n) is 12.6. The number of ether oxygens (including phenoxy) is 1. The second-order valence-electron chi connectivity index (χ2n) is 6.33. The third kappa shape index (κ3) is 3.68. The van der Waals surface area contributed by atoms with Crippen molar-refractivity contribution in [2.45, 2.75) is 62.8 Å². The first-order valence-electron chi connectivity index (χ1n) is 7.87. The molecule has 2 fully saturated rings. The van der Waals surface area contributed by atoms with Crippen molar-refractivity contribution in [3.8, 4) is 0 Å². The first-order valence-corrected chi connectivity index (χ1v) is 7.87. The minimum Gasteiger partial charge on any atom is -0.375 e. The third-order valence-corrected chi connectivity index (χ3v) is 4.62. The summed E-state index contributed by atoms with van der Waals surface area (Å²) in [6.45, 7) is 0.551. The molecule has 0 aromatic carbocycles. The highest BCUT2D eigenvalue weighted by molar-refractivity contribution is 5.91. The molecule has 0 bridgehead atoms. The van der Waals surface area contributed by atoms with Crippen LogP contribution in [0.3, 0.4) is 0 Å². The van der Waals surface area contributed by atoms with E-state index in [9.17, 15) is 18.0 Å². The summed E-state index contributed by atoms with van der Waals surface area (Å²) < 4.78 is 47.9. The number of nitrogens with zero attached hydrogens (tertiary/aromatic N) is 1. The van der Waals surface area contributed by atoms with Crippen LogP contribution in [0.4, 0.5) is 13.2 Å². The summed E-state index contributed by atoms with van der Waals surface area (Å²) in [7, 11) is 0. The molecule has 1 spiro atoms. The predicted octanol–water partition coefficient (Wildman–Crippen LogP) is 3.31. The van der Waals surface area contributed by atoms with Crippen LogP contribution < -0.4 is 5.32 Å². The van der Waals surface area contributed by atoms with E-state index in [2.05, 4.69) is 15.0 Å². The lowest BCUT2D eigenvalue weighted by molar-refractivity contribution is -0.142. The van der Waals surface area contributed by atoms with Crippen molar-refractivity contribution in [2.75, 3.05) is 6.61 Å². The lowest BCUT2D eigenvalue weighted by atomic mass is 9.78. The van der Waals surface area contributed by atoms with Crippen LogP contribution in [0, 0.1) is 0 Å². The van der Waals surface area contributed by atoms with Gasteiger partial charge >= 0.3 is 6.18 Å². The molecule has 2 aliphatic rings. The van der Waals surface area contributed by atoms with Gasteiger partial charge in [-0.15, -0.1) is 0 Å². The topological polar surface area (TPSA) is 64.4 Å². The van der Waals surface area contributed by atoms with Gasteiger partial charge in [-0.3, -0.25) is 4.79 Å². The molecule has 128 valence electrons. The van der Waals surface area contributed by atoms with Gasteiger partial charge in [0.05, 0.1) is 5.60 Å². The van der Waals surface area contributed by atoms with E-state index in [1.165, 1.54) is 6.42 Å². The van der Waals surface area contributed by atoms with Crippen molar-refractivity contribution in [2.24, 2.45) is 0 Å². The number of carbonyl (C=O) groups is 1. The highest BCUT2D eigenvalue weighted by Gasteiger charge is 2.40. The van der Waals surface area contributed by atoms with Crippen LogP contribution in [-0.4, -0.2) is 29.3 Å². The molecule has 23 heavy (non-hydrogen) atoms. The minimum atomic E-state index is -4.62. The van der Waals surface area contributed by atoms with Crippen LogP contribution in [0.15, 0.2) is 10.6 Å². The van der Waals surface area contributed by atoms with E-state index in [1.54, 1.807) is 0 Å². The van der Waals surface area contributed by atoms with E-state index in [4.69, 9.17) is 4.74 Å². The molecule has 1 aromatic heterocycles. The summed E-state index contributed by atoms with van der Waals surface area (Å²) in [6, 6.07) is 0.513. The summed E-state index contributed by atoms with van der Waals surface area (Å²) in [5, 5.41) is 5.65. The Morgan fingerprint density at radius 2 is 2.04 bits per heavy atom. The van der Waals surface area contributed by atoms with Gasteiger partial charge < -0.3 is 14.6 Å². The van der Waals surface area contributed by atoms with Crippen LogP contribution in [0.2, 0.25) is 0 Å². The van der Waals surface area contributed by atoms with Gasteiger partial charge in [-0.1, -0.05) is 24.4 Å². The van der Waals surface area contributed by atoms with Gasteiger partial charge in [-0.05, 0) is 25.7 Å². The van der Waals surface area contributed by atoms with Crippen molar-refractivity contribution in [1.29, 1.82) is 0 Å². The van der Waals surface area contributed by atoms with Gasteiger partial charge in [0.1, 0.15) is 0 Å². The van der Waals surface area contributed by atoms with Gasteiger partial charge in [0.25, 0.3) is 5.91 Å². The third-order valence-electron chi connectivity index (χ3n) is 4.62. The summed E-state index contributed by atoms with van der Waals surface area (Å²) in [5.41, 5.74) is -1.38. The summed E-state index contributed by atoms with van der Waals surface area (Å²) in [6.07, 6.45) is 2.08. The quantitative estimate of drug-likeness (QED) is 0.902. The molecule has 5 nitrogen and oxygen atoms in total. The normalized spacial score (nSPS) is 24.6. The Labute approximate surface area is 131 Å². The maximum absolute atomic E-state index is 12.5. The lowest BCUT2D eigenvalue weighted by Gasteiger charge is -2.43. The Balaban J connectivity index is 1.62. The molecule has 1 unspecified atom stereocenters. The second-order valence-corrected chi connectivity index (χ2v) is 6.33. The number of hydrogen-bond acceptors (Lipinski definition) is 4. The number of halogens is 3. The Hall–Kier alpha value is -1.57. The molecule has 1 N–H and O–H groups in total. The number of alkyl halides is 3. The smallest absolute Gasteiger partial charge is 0.375 e. The molecule has 1 aliphatic carbocycles. The fraction of sp³-hybridized carbons (Fsp3) is 0.733. The molecule has 1 saturated carbocycles. The zero-order chi connectivity index (χ0) is 16.5. The Morgan fingerprint density at radius 3 is 2.70 bits per heavy atom. The fourth-order valence-electron chi connectivity index (χ4n) is 3.47. The van der Waals surface area contributed by atoms with E-state index in [0.29, 0.717) is 25.5 Å². The summed E-state index contributed by atoms with van der Waals surface area (Å²) in [4.78, 5) is 12.1. The van der Waals surface area contributed by atoms with Crippen molar-refractivity contribution in [3.05, 3.63) is 17.5 Å². The number of carbonyl (C=O) groups excluding carboxylic acids is 1. The highest BCUT2D eigenvalue weighted by Crippen LogP contribution is 2.38. The van der Waals surface area contributed by atoms with E-state index in [-0.39, 0.29) is 11.6 Å². The van der Waals surface area contributed by atoms with Gasteiger partial charge in [-0.25, -0.2) is 0 Å². The van der Waals surface area contributed by atoms with Gasteiger partial charge in [-0.2, -0.15) is 13.2 Å². The van der Waals surface area contributed by atoms with E-state index < -0.39 is 23.5 Å². The average molecular weight is 332 g/mol. The second kappa shape index (κ2) is 6.14. The maximum atomic E-state index is 12.5. The van der Waals surface area contributed by atoms with Crippen LogP contribution in [-0.2, 0) is 10.9 Å². The van der Waals surface area contributed by atoms with E-state index >= 15 is 0 Å². The number of amides is 1. The molecule has 8 heteroatoms. The SMILES string of the molecule is O=C(NC1CCOC2(CCCCC2)C1)c1cc(C(F)(F)F)no1. The largest absolute Gasteiger partial charge is 0.436 e. The summed E-state index contributed by atoms with van der Waals surface area (Å²) in [5.74, 6) is -1.08. The molecule has 1 amide bonds. The molecule has 0 radical (unpaired) electrons. The molecular formula is C15H19F3N2O3. The maximum Gasteiger partial charge on any atom is 0.436 e. The molecule has 1 saturated heterocycles. The molecule has 1 aromatic rings. The van der Waals surface area contributed by atoms with Crippen LogP contribution in [0.1, 0.15) is 61.2 Å². The van der Waals surface area contributed by atoms with Crippen LogP contribution in [0.5, 0.6) is 0 Å². The van der Waals surface area contributed by atoms with Crippen molar-refractivity contribution < 1.29 is 27.2 Å². The number of rotatable bonds is 2. The fourth-order valence-corrected chi connectivity index (χ4v) is 3.47. The molecule has 1 aliphatic heterocycles. The van der Waals surface area contributed by atoms with E-state index in [1.807, 2.05) is 0 Å². The van der Waals surface area contributed by atoms with Gasteiger partial charge in [0.15, 0.2) is 5.69 Å². The van der Waals surface area contributed by atoms with Crippen molar-refractivity contribution in [1.82, 2.24) is 10.5 Å². The molecular weight excluding hydrogens is 313 g/mol. The van der Waals surface area contributed by atoms with Crippen LogP contribution >= 0.6 is 0 Å². The Bertz CT molecular complexity index is 559. The standard InChI is InChI=1S/C15H19F3N2O3/c16-15(17,18)12-8-11(23-20-12)13(21)19-10-4-7-22-14(9-10)5-2-1-3-6-14/h8,10H,1-7,9H2,(H,19,21). The lowest BCUT2D eigenvalue weighted by Crippen LogP contribution is -2.49. The number of nitrogens with one attached hydrogen (secondary N) is 1. The van der Waals surface area contributed by atoms with E-state index in [0.717, 1.165) is 25.7 Å². The first kappa shape index (κ1) is 16.3.